The normalized spacial score (nSPS) is 21.5. The first-order valence-electron chi connectivity index (χ1n) is 5.83. The molecule has 4 nitrogen and oxygen atoms in total. The topological polar surface area (TPSA) is 40.6 Å². The van der Waals surface area contributed by atoms with Gasteiger partial charge in [0, 0.05) is 39.0 Å². The maximum absolute atomic E-state index is 11.7. The van der Waals surface area contributed by atoms with Gasteiger partial charge in [0.05, 0.1) is 0 Å². The van der Waals surface area contributed by atoms with E-state index in [1.807, 2.05) is 9.80 Å². The van der Waals surface area contributed by atoms with Gasteiger partial charge >= 0.3 is 0 Å². The number of likely N-dealkylation sites (tertiary alicyclic amines) is 2. The number of carbonyl (C=O) groups is 2. The summed E-state index contributed by atoms with van der Waals surface area (Å²) in [6, 6.07) is 0. The Morgan fingerprint density at radius 2 is 1.87 bits per heavy atom. The van der Waals surface area contributed by atoms with Crippen LogP contribution in [-0.2, 0) is 9.59 Å². The SMILES string of the molecule is O=C(CCN1CCCC1=O)N1CCCC1. The molecule has 2 aliphatic heterocycles. The number of hydrogen-bond donors (Lipinski definition) is 0. The van der Waals surface area contributed by atoms with Gasteiger partial charge in [-0.1, -0.05) is 0 Å². The van der Waals surface area contributed by atoms with E-state index >= 15 is 0 Å². The Labute approximate surface area is 90.2 Å². The van der Waals surface area contributed by atoms with Gasteiger partial charge in [-0.15, -0.1) is 0 Å². The zero-order valence-electron chi connectivity index (χ0n) is 9.07. The summed E-state index contributed by atoms with van der Waals surface area (Å²) < 4.78 is 0. The van der Waals surface area contributed by atoms with Crippen LogP contribution in [0.3, 0.4) is 0 Å². The van der Waals surface area contributed by atoms with Gasteiger partial charge in [0.25, 0.3) is 0 Å². The molecule has 0 N–H and O–H groups in total. The quantitative estimate of drug-likeness (QED) is 0.685. The van der Waals surface area contributed by atoms with Crippen molar-refractivity contribution >= 4 is 11.8 Å². The smallest absolute Gasteiger partial charge is 0.224 e. The van der Waals surface area contributed by atoms with Crippen molar-refractivity contribution in [2.24, 2.45) is 0 Å². The Hall–Kier alpha value is -1.06. The fourth-order valence-electron chi connectivity index (χ4n) is 2.30. The van der Waals surface area contributed by atoms with E-state index in [1.165, 1.54) is 0 Å². The average Bonchev–Trinajstić information content (AvgIpc) is 2.85. The molecule has 0 aromatic carbocycles. The maximum Gasteiger partial charge on any atom is 0.224 e. The molecule has 4 heteroatoms. The van der Waals surface area contributed by atoms with Crippen LogP contribution in [0.4, 0.5) is 0 Å². The zero-order valence-corrected chi connectivity index (χ0v) is 9.07. The molecule has 15 heavy (non-hydrogen) atoms. The van der Waals surface area contributed by atoms with Crippen LogP contribution in [-0.4, -0.2) is 47.8 Å². The monoisotopic (exact) mass is 210 g/mol. The second-order valence-electron chi connectivity index (χ2n) is 4.32. The highest BCUT2D eigenvalue weighted by Gasteiger charge is 2.22. The second kappa shape index (κ2) is 4.64. The highest BCUT2D eigenvalue weighted by Crippen LogP contribution is 2.12. The number of hydrogen-bond acceptors (Lipinski definition) is 2. The van der Waals surface area contributed by atoms with E-state index in [9.17, 15) is 9.59 Å². The minimum atomic E-state index is 0.212. The Morgan fingerprint density at radius 1 is 1.13 bits per heavy atom. The molecule has 0 bridgehead atoms. The van der Waals surface area contributed by atoms with Crippen LogP contribution >= 0.6 is 0 Å². The van der Waals surface area contributed by atoms with Crippen LogP contribution in [0.1, 0.15) is 32.1 Å². The van der Waals surface area contributed by atoms with Crippen LogP contribution in [0.5, 0.6) is 0 Å². The minimum absolute atomic E-state index is 0.212. The third kappa shape index (κ3) is 2.49. The van der Waals surface area contributed by atoms with Crippen molar-refractivity contribution in [2.75, 3.05) is 26.2 Å². The second-order valence-corrected chi connectivity index (χ2v) is 4.32. The Morgan fingerprint density at radius 3 is 2.47 bits per heavy atom. The lowest BCUT2D eigenvalue weighted by Gasteiger charge is -2.19. The first-order valence-corrected chi connectivity index (χ1v) is 5.83. The molecule has 0 aromatic rings. The van der Waals surface area contributed by atoms with Crippen molar-refractivity contribution in [2.45, 2.75) is 32.1 Å². The lowest BCUT2D eigenvalue weighted by molar-refractivity contribution is -0.132. The average molecular weight is 210 g/mol. The predicted octanol–water partition coefficient (Wildman–Crippen LogP) is 0.621. The summed E-state index contributed by atoms with van der Waals surface area (Å²) in [5, 5.41) is 0. The molecule has 2 heterocycles. The molecular formula is C11H18N2O2. The standard InChI is InChI=1S/C11H18N2O2/c14-10-4-3-8-13(10)9-5-11(15)12-6-1-2-7-12/h1-9H2. The van der Waals surface area contributed by atoms with Gasteiger partial charge in [-0.2, -0.15) is 0 Å². The van der Waals surface area contributed by atoms with E-state index in [2.05, 4.69) is 0 Å². The summed E-state index contributed by atoms with van der Waals surface area (Å²) in [6.07, 6.45) is 4.39. The highest BCUT2D eigenvalue weighted by molar-refractivity contribution is 5.80. The molecule has 0 radical (unpaired) electrons. The molecular weight excluding hydrogens is 192 g/mol. The molecule has 84 valence electrons. The van der Waals surface area contributed by atoms with Crippen LogP contribution in [0.25, 0.3) is 0 Å². The largest absolute Gasteiger partial charge is 0.343 e. The first kappa shape index (κ1) is 10.5. The summed E-state index contributed by atoms with van der Waals surface area (Å²) in [4.78, 5) is 26.7. The van der Waals surface area contributed by atoms with Crippen molar-refractivity contribution in [3.05, 3.63) is 0 Å². The number of rotatable bonds is 3. The van der Waals surface area contributed by atoms with E-state index in [1.54, 1.807) is 0 Å². The predicted molar refractivity (Wildman–Crippen MR) is 56.2 cm³/mol. The van der Waals surface area contributed by atoms with Crippen LogP contribution in [0.2, 0.25) is 0 Å². The van der Waals surface area contributed by atoms with E-state index < -0.39 is 0 Å². The highest BCUT2D eigenvalue weighted by atomic mass is 16.2. The van der Waals surface area contributed by atoms with Crippen molar-refractivity contribution in [1.29, 1.82) is 0 Å². The Bertz CT molecular complexity index is 259. The van der Waals surface area contributed by atoms with Crippen molar-refractivity contribution < 1.29 is 9.59 Å². The Kier molecular flexibility index (Phi) is 3.23. The minimum Gasteiger partial charge on any atom is -0.343 e. The fraction of sp³-hybridized carbons (Fsp3) is 0.818. The molecule has 0 unspecified atom stereocenters. The summed E-state index contributed by atoms with van der Waals surface area (Å²) in [7, 11) is 0. The molecule has 0 saturated carbocycles. The molecule has 0 aromatic heterocycles. The van der Waals surface area contributed by atoms with Gasteiger partial charge in [0.2, 0.25) is 11.8 Å². The van der Waals surface area contributed by atoms with Crippen molar-refractivity contribution in [3.8, 4) is 0 Å². The molecule has 2 aliphatic rings. The molecule has 0 aliphatic carbocycles. The number of carbonyl (C=O) groups excluding carboxylic acids is 2. The summed E-state index contributed by atoms with van der Waals surface area (Å²) in [6.45, 7) is 3.28. The molecule has 0 atom stereocenters. The van der Waals surface area contributed by atoms with Crippen LogP contribution in [0, 0.1) is 0 Å². The van der Waals surface area contributed by atoms with E-state index in [0.29, 0.717) is 19.4 Å². The third-order valence-corrected chi connectivity index (χ3v) is 3.23. The maximum atomic E-state index is 11.7. The van der Waals surface area contributed by atoms with Gasteiger partial charge in [0.15, 0.2) is 0 Å². The molecule has 2 rings (SSSR count). The summed E-state index contributed by atoms with van der Waals surface area (Å²) in [5.74, 6) is 0.427. The van der Waals surface area contributed by atoms with Gasteiger partial charge in [0.1, 0.15) is 0 Å². The Balaban J connectivity index is 1.72. The number of nitrogens with zero attached hydrogens (tertiary/aromatic N) is 2. The van der Waals surface area contributed by atoms with E-state index in [-0.39, 0.29) is 11.8 Å². The third-order valence-electron chi connectivity index (χ3n) is 3.23. The summed E-state index contributed by atoms with van der Waals surface area (Å²) >= 11 is 0. The number of amides is 2. The summed E-state index contributed by atoms with van der Waals surface area (Å²) in [5.41, 5.74) is 0. The van der Waals surface area contributed by atoms with Crippen molar-refractivity contribution in [3.63, 3.8) is 0 Å². The lowest BCUT2D eigenvalue weighted by atomic mass is 10.3. The van der Waals surface area contributed by atoms with Gasteiger partial charge < -0.3 is 9.80 Å². The van der Waals surface area contributed by atoms with Crippen LogP contribution in [0.15, 0.2) is 0 Å². The van der Waals surface area contributed by atoms with Crippen LogP contribution < -0.4 is 0 Å². The van der Waals surface area contributed by atoms with Gasteiger partial charge in [-0.25, -0.2) is 0 Å². The van der Waals surface area contributed by atoms with Crippen molar-refractivity contribution in [1.82, 2.24) is 9.80 Å². The van der Waals surface area contributed by atoms with E-state index in [4.69, 9.17) is 0 Å². The van der Waals surface area contributed by atoms with Gasteiger partial charge in [-0.3, -0.25) is 9.59 Å². The van der Waals surface area contributed by atoms with E-state index in [0.717, 1.165) is 38.9 Å². The lowest BCUT2D eigenvalue weighted by Crippen LogP contribution is -2.33. The molecule has 2 amide bonds. The molecule has 2 saturated heterocycles. The fourth-order valence-corrected chi connectivity index (χ4v) is 2.30. The first-order chi connectivity index (χ1) is 7.27. The molecule has 0 spiro atoms. The molecule has 2 fully saturated rings. The zero-order chi connectivity index (χ0) is 10.7. The van der Waals surface area contributed by atoms with Gasteiger partial charge in [-0.05, 0) is 19.3 Å².